The van der Waals surface area contributed by atoms with E-state index in [1.54, 1.807) is 12.1 Å². The third kappa shape index (κ3) is 3.29. The van der Waals surface area contributed by atoms with Gasteiger partial charge in [0.25, 0.3) is 5.56 Å². The molecule has 0 amide bonds. The van der Waals surface area contributed by atoms with Crippen molar-refractivity contribution in [2.75, 3.05) is 10.8 Å². The Hall–Kier alpha value is -2.82. The van der Waals surface area contributed by atoms with Crippen molar-refractivity contribution in [3.05, 3.63) is 75.3 Å². The van der Waals surface area contributed by atoms with E-state index >= 15 is 0 Å². The average molecular weight is 399 g/mol. The minimum Gasteiger partial charge on any atom is -0.343 e. The quantitative estimate of drug-likeness (QED) is 0.608. The van der Waals surface area contributed by atoms with Gasteiger partial charge in [-0.25, -0.2) is 9.37 Å². The number of hydrogen-bond donors (Lipinski definition) is 0. The van der Waals surface area contributed by atoms with Crippen LogP contribution in [0.15, 0.2) is 58.5 Å². The Labute approximate surface area is 163 Å². The van der Waals surface area contributed by atoms with E-state index in [0.717, 1.165) is 5.69 Å². The molecule has 2 aromatic carbocycles. The van der Waals surface area contributed by atoms with E-state index in [0.29, 0.717) is 21.6 Å². The van der Waals surface area contributed by atoms with Gasteiger partial charge in [-0.15, -0.1) is 0 Å². The van der Waals surface area contributed by atoms with E-state index < -0.39 is 5.56 Å². The van der Waals surface area contributed by atoms with Crippen molar-refractivity contribution in [2.24, 2.45) is 0 Å². The summed E-state index contributed by atoms with van der Waals surface area (Å²) in [7, 11) is 0. The van der Waals surface area contributed by atoms with Gasteiger partial charge < -0.3 is 4.90 Å². The highest BCUT2D eigenvalue weighted by Gasteiger charge is 2.24. The van der Waals surface area contributed by atoms with Crippen LogP contribution in [0.5, 0.6) is 0 Å². The Kier molecular flexibility index (Phi) is 4.60. The number of nitriles is 1. The van der Waals surface area contributed by atoms with Crippen molar-refractivity contribution < 1.29 is 4.39 Å². The number of hydrogen-bond acceptors (Lipinski definition) is 5. The van der Waals surface area contributed by atoms with Crippen LogP contribution in [-0.4, -0.2) is 15.4 Å². The van der Waals surface area contributed by atoms with Crippen LogP contribution >= 0.6 is 23.4 Å². The molecular weight excluding hydrogens is 387 g/mol. The Morgan fingerprint density at radius 1 is 1.15 bits per heavy atom. The molecular formula is C19H12ClFN4OS. The summed E-state index contributed by atoms with van der Waals surface area (Å²) in [5.41, 5.74) is 1.28. The second-order valence-electron chi connectivity index (χ2n) is 5.90. The predicted octanol–water partition coefficient (Wildman–Crippen LogP) is 4.10. The van der Waals surface area contributed by atoms with E-state index in [2.05, 4.69) is 4.98 Å². The van der Waals surface area contributed by atoms with Gasteiger partial charge in [0.15, 0.2) is 5.16 Å². The summed E-state index contributed by atoms with van der Waals surface area (Å²) >= 11 is 7.34. The van der Waals surface area contributed by atoms with Crippen LogP contribution in [-0.2, 0) is 6.67 Å². The van der Waals surface area contributed by atoms with Gasteiger partial charge in [0, 0.05) is 16.3 Å². The summed E-state index contributed by atoms with van der Waals surface area (Å²) < 4.78 is 14.7. The summed E-state index contributed by atoms with van der Waals surface area (Å²) in [6.07, 6.45) is 0. The second-order valence-corrected chi connectivity index (χ2v) is 7.25. The van der Waals surface area contributed by atoms with Gasteiger partial charge in [0.2, 0.25) is 0 Å². The molecule has 1 aliphatic rings. The fourth-order valence-electron chi connectivity index (χ4n) is 2.84. The highest BCUT2D eigenvalue weighted by atomic mass is 35.5. The largest absolute Gasteiger partial charge is 0.343 e. The molecule has 3 aromatic rings. The van der Waals surface area contributed by atoms with Crippen LogP contribution in [0.25, 0.3) is 11.3 Å². The molecule has 0 radical (unpaired) electrons. The van der Waals surface area contributed by atoms with E-state index in [9.17, 15) is 14.4 Å². The smallest absolute Gasteiger partial charge is 0.274 e. The van der Waals surface area contributed by atoms with Crippen LogP contribution in [0.4, 0.5) is 10.1 Å². The summed E-state index contributed by atoms with van der Waals surface area (Å²) in [6, 6.07) is 14.9. The van der Waals surface area contributed by atoms with Gasteiger partial charge >= 0.3 is 0 Å². The molecule has 1 aromatic heterocycles. The lowest BCUT2D eigenvalue weighted by molar-refractivity contribution is 0.560. The third-order valence-corrected chi connectivity index (χ3v) is 5.48. The fourth-order valence-corrected chi connectivity index (χ4v) is 3.92. The Bertz CT molecular complexity index is 1110. The molecule has 8 heteroatoms. The van der Waals surface area contributed by atoms with E-state index in [-0.39, 0.29) is 23.7 Å². The maximum absolute atomic E-state index is 13.2. The third-order valence-electron chi connectivity index (χ3n) is 4.22. The SMILES string of the molecule is N#Cc1c(-c2ccc(F)cc2)nc2n(c1=O)CN(c1ccc(Cl)cc1)CS2. The molecule has 0 aliphatic carbocycles. The van der Waals surface area contributed by atoms with E-state index in [4.69, 9.17) is 11.6 Å². The lowest BCUT2D eigenvalue weighted by Crippen LogP contribution is -2.38. The zero-order valence-corrected chi connectivity index (χ0v) is 15.5. The number of nitrogens with zero attached hydrogens (tertiary/aromatic N) is 4. The molecule has 27 heavy (non-hydrogen) atoms. The molecule has 1 aliphatic heterocycles. The van der Waals surface area contributed by atoms with Crippen LogP contribution < -0.4 is 10.5 Å². The summed E-state index contributed by atoms with van der Waals surface area (Å²) in [5, 5.41) is 10.7. The number of rotatable bonds is 2. The summed E-state index contributed by atoms with van der Waals surface area (Å²) in [6.45, 7) is 0.286. The van der Waals surface area contributed by atoms with Crippen molar-refractivity contribution >= 4 is 29.1 Å². The molecule has 0 saturated heterocycles. The maximum Gasteiger partial charge on any atom is 0.274 e. The van der Waals surface area contributed by atoms with Crippen LogP contribution in [0.2, 0.25) is 5.02 Å². The van der Waals surface area contributed by atoms with E-state index in [1.807, 2.05) is 23.1 Å². The number of thioether (sulfide) groups is 1. The Morgan fingerprint density at radius 2 is 1.85 bits per heavy atom. The van der Waals surface area contributed by atoms with Gasteiger partial charge in [-0.05, 0) is 48.5 Å². The van der Waals surface area contributed by atoms with E-state index in [1.165, 1.54) is 40.6 Å². The van der Waals surface area contributed by atoms with Crippen LogP contribution in [0.3, 0.4) is 0 Å². The van der Waals surface area contributed by atoms with Gasteiger partial charge in [0.1, 0.15) is 24.1 Å². The molecule has 5 nitrogen and oxygen atoms in total. The van der Waals surface area contributed by atoms with Gasteiger partial charge in [-0.2, -0.15) is 5.26 Å². The highest BCUT2D eigenvalue weighted by molar-refractivity contribution is 7.99. The average Bonchev–Trinajstić information content (AvgIpc) is 2.69. The Morgan fingerprint density at radius 3 is 2.52 bits per heavy atom. The lowest BCUT2D eigenvalue weighted by atomic mass is 10.1. The lowest BCUT2D eigenvalue weighted by Gasteiger charge is -2.30. The molecule has 0 unspecified atom stereocenters. The molecule has 0 saturated carbocycles. The molecule has 0 fully saturated rings. The number of halogens is 2. The van der Waals surface area contributed by atoms with Crippen LogP contribution in [0, 0.1) is 17.1 Å². The Balaban J connectivity index is 1.77. The molecule has 134 valence electrons. The normalized spacial score (nSPS) is 13.1. The molecule has 0 atom stereocenters. The van der Waals surface area contributed by atoms with Crippen LogP contribution in [0.1, 0.15) is 5.56 Å². The first-order valence-electron chi connectivity index (χ1n) is 8.01. The monoisotopic (exact) mass is 398 g/mol. The number of fused-ring (bicyclic) bond motifs is 1. The molecule has 0 spiro atoms. The number of benzene rings is 2. The first-order chi connectivity index (χ1) is 13.1. The number of aromatic nitrogens is 2. The van der Waals surface area contributed by atoms with Gasteiger partial charge in [-0.1, -0.05) is 23.4 Å². The predicted molar refractivity (Wildman–Crippen MR) is 103 cm³/mol. The van der Waals surface area contributed by atoms with Crippen molar-refractivity contribution in [1.82, 2.24) is 9.55 Å². The standard InChI is InChI=1S/C19H12ClFN4OS/c20-13-3-7-15(8-4-13)24-10-25-18(26)16(9-22)17(23-19(25)27-11-24)12-1-5-14(21)6-2-12/h1-8H,10-11H2. The first-order valence-corrected chi connectivity index (χ1v) is 9.37. The minimum absolute atomic E-state index is 0.0519. The van der Waals surface area contributed by atoms with Gasteiger partial charge in [0.05, 0.1) is 11.6 Å². The van der Waals surface area contributed by atoms with Crippen molar-refractivity contribution in [3.8, 4) is 17.3 Å². The first kappa shape index (κ1) is 17.6. The highest BCUT2D eigenvalue weighted by Crippen LogP contribution is 2.30. The summed E-state index contributed by atoms with van der Waals surface area (Å²) in [5.74, 6) is 0.211. The van der Waals surface area contributed by atoms with Crippen molar-refractivity contribution in [3.63, 3.8) is 0 Å². The topological polar surface area (TPSA) is 61.9 Å². The zero-order chi connectivity index (χ0) is 19.0. The number of anilines is 1. The maximum atomic E-state index is 13.2. The minimum atomic E-state index is -0.409. The second kappa shape index (κ2) is 7.06. The molecule has 0 bridgehead atoms. The zero-order valence-electron chi connectivity index (χ0n) is 13.9. The summed E-state index contributed by atoms with van der Waals surface area (Å²) in [4.78, 5) is 19.4. The molecule has 4 rings (SSSR count). The molecule has 0 N–H and O–H groups in total. The van der Waals surface area contributed by atoms with Crippen molar-refractivity contribution in [1.29, 1.82) is 5.26 Å². The van der Waals surface area contributed by atoms with Gasteiger partial charge in [-0.3, -0.25) is 9.36 Å². The molecule has 2 heterocycles. The fraction of sp³-hybridized carbons (Fsp3) is 0.105. The van der Waals surface area contributed by atoms with Crippen molar-refractivity contribution in [2.45, 2.75) is 11.8 Å².